The molecule has 0 radical (unpaired) electrons. The SMILES string of the molecule is CN1C[C@H]2CCC[C@H]2c2ccccc21. The normalized spacial score (nSPS) is 29.9. The summed E-state index contributed by atoms with van der Waals surface area (Å²) in [6, 6.07) is 8.94. The van der Waals surface area contributed by atoms with Crippen LogP contribution in [0.2, 0.25) is 0 Å². The number of fused-ring (bicyclic) bond motifs is 3. The van der Waals surface area contributed by atoms with Crippen molar-refractivity contribution < 1.29 is 0 Å². The molecule has 1 fully saturated rings. The number of rotatable bonds is 0. The Hall–Kier alpha value is -0.980. The fraction of sp³-hybridized carbons (Fsp3) is 0.538. The molecule has 1 aliphatic carbocycles. The number of nitrogens with zero attached hydrogens (tertiary/aromatic N) is 1. The first-order chi connectivity index (χ1) is 6.86. The van der Waals surface area contributed by atoms with E-state index in [1.807, 2.05) is 0 Å². The standard InChI is InChI=1S/C13H17N/c1-14-9-10-5-4-7-11(10)12-6-2-3-8-13(12)14/h2-3,6,8,10-11H,4-5,7,9H2,1H3/t10-,11-/m1/s1. The van der Waals surface area contributed by atoms with Gasteiger partial charge in [-0.25, -0.2) is 0 Å². The van der Waals surface area contributed by atoms with Gasteiger partial charge in [0.2, 0.25) is 0 Å². The molecular formula is C13H17N. The van der Waals surface area contributed by atoms with Crippen molar-refractivity contribution >= 4 is 5.69 Å². The van der Waals surface area contributed by atoms with Crippen LogP contribution in [-0.2, 0) is 0 Å². The maximum Gasteiger partial charge on any atom is 0.0399 e. The highest BCUT2D eigenvalue weighted by Gasteiger charge is 2.34. The number of hydrogen-bond acceptors (Lipinski definition) is 1. The average Bonchev–Trinajstić information content (AvgIpc) is 2.66. The molecule has 0 amide bonds. The molecule has 1 aromatic rings. The Kier molecular flexibility index (Phi) is 1.79. The Bertz CT molecular complexity index is 345. The van der Waals surface area contributed by atoms with Crippen LogP contribution < -0.4 is 4.90 Å². The van der Waals surface area contributed by atoms with Gasteiger partial charge in [0.05, 0.1) is 0 Å². The van der Waals surface area contributed by atoms with Gasteiger partial charge in [-0.3, -0.25) is 0 Å². The molecule has 0 spiro atoms. The van der Waals surface area contributed by atoms with Crippen molar-refractivity contribution in [3.05, 3.63) is 29.8 Å². The van der Waals surface area contributed by atoms with Crippen LogP contribution in [0.25, 0.3) is 0 Å². The molecular weight excluding hydrogens is 170 g/mol. The molecule has 2 atom stereocenters. The van der Waals surface area contributed by atoms with Crippen LogP contribution in [0.4, 0.5) is 5.69 Å². The molecule has 1 aromatic carbocycles. The number of hydrogen-bond donors (Lipinski definition) is 0. The van der Waals surface area contributed by atoms with Gasteiger partial charge in [-0.05, 0) is 36.3 Å². The van der Waals surface area contributed by atoms with Crippen LogP contribution in [-0.4, -0.2) is 13.6 Å². The smallest absolute Gasteiger partial charge is 0.0399 e. The van der Waals surface area contributed by atoms with E-state index in [2.05, 4.69) is 36.2 Å². The molecule has 0 unspecified atom stereocenters. The van der Waals surface area contributed by atoms with Gasteiger partial charge in [-0.15, -0.1) is 0 Å². The molecule has 0 saturated heterocycles. The molecule has 1 nitrogen and oxygen atoms in total. The molecule has 3 rings (SSSR count). The highest BCUT2D eigenvalue weighted by atomic mass is 15.1. The van der Waals surface area contributed by atoms with Crippen molar-refractivity contribution in [2.45, 2.75) is 25.2 Å². The fourth-order valence-corrected chi connectivity index (χ4v) is 3.26. The lowest BCUT2D eigenvalue weighted by Crippen LogP contribution is -2.32. The van der Waals surface area contributed by atoms with Gasteiger partial charge in [0.1, 0.15) is 0 Å². The minimum atomic E-state index is 0.863. The van der Waals surface area contributed by atoms with Crippen LogP contribution >= 0.6 is 0 Å². The molecule has 14 heavy (non-hydrogen) atoms. The van der Waals surface area contributed by atoms with Crippen LogP contribution in [0.15, 0.2) is 24.3 Å². The van der Waals surface area contributed by atoms with E-state index >= 15 is 0 Å². The minimum Gasteiger partial charge on any atom is -0.374 e. The summed E-state index contributed by atoms with van der Waals surface area (Å²) in [5.74, 6) is 1.79. The largest absolute Gasteiger partial charge is 0.374 e. The molecule has 0 bridgehead atoms. The Morgan fingerprint density at radius 3 is 3.00 bits per heavy atom. The monoisotopic (exact) mass is 187 g/mol. The molecule has 1 aliphatic heterocycles. The van der Waals surface area contributed by atoms with Crippen LogP contribution in [0.1, 0.15) is 30.7 Å². The van der Waals surface area contributed by atoms with Gasteiger partial charge in [0, 0.05) is 19.3 Å². The second-order valence-electron chi connectivity index (χ2n) is 4.74. The predicted octanol–water partition coefficient (Wildman–Crippen LogP) is 3.02. The van der Waals surface area contributed by atoms with Crippen LogP contribution in [0, 0.1) is 5.92 Å². The second-order valence-corrected chi connectivity index (χ2v) is 4.74. The summed E-state index contributed by atoms with van der Waals surface area (Å²) in [5.41, 5.74) is 3.07. The maximum absolute atomic E-state index is 2.43. The first-order valence-corrected chi connectivity index (χ1v) is 5.66. The topological polar surface area (TPSA) is 3.24 Å². The summed E-state index contributed by atoms with van der Waals surface area (Å²) in [6.07, 6.45) is 4.27. The fourth-order valence-electron chi connectivity index (χ4n) is 3.26. The first-order valence-electron chi connectivity index (χ1n) is 5.66. The van der Waals surface area contributed by atoms with E-state index in [1.54, 1.807) is 5.56 Å². The highest BCUT2D eigenvalue weighted by Crippen LogP contribution is 2.46. The highest BCUT2D eigenvalue weighted by molar-refractivity contribution is 5.57. The van der Waals surface area contributed by atoms with Gasteiger partial charge in [-0.1, -0.05) is 24.6 Å². The van der Waals surface area contributed by atoms with Gasteiger partial charge >= 0.3 is 0 Å². The molecule has 1 saturated carbocycles. The lowest BCUT2D eigenvalue weighted by Gasteiger charge is -2.36. The third-order valence-electron chi connectivity index (χ3n) is 3.91. The third-order valence-corrected chi connectivity index (χ3v) is 3.91. The van der Waals surface area contributed by atoms with E-state index in [0.717, 1.165) is 11.8 Å². The van der Waals surface area contributed by atoms with E-state index in [1.165, 1.54) is 31.5 Å². The van der Waals surface area contributed by atoms with E-state index in [4.69, 9.17) is 0 Å². The lowest BCUT2D eigenvalue weighted by atomic mass is 9.84. The summed E-state index contributed by atoms with van der Waals surface area (Å²) >= 11 is 0. The molecule has 1 heteroatoms. The Morgan fingerprint density at radius 2 is 2.07 bits per heavy atom. The maximum atomic E-state index is 2.43. The first kappa shape index (κ1) is 8.34. The van der Waals surface area contributed by atoms with Crippen molar-refractivity contribution in [2.24, 2.45) is 5.92 Å². The van der Waals surface area contributed by atoms with E-state index in [0.29, 0.717) is 0 Å². The van der Waals surface area contributed by atoms with E-state index in [9.17, 15) is 0 Å². The van der Waals surface area contributed by atoms with Crippen molar-refractivity contribution in [1.29, 1.82) is 0 Å². The average molecular weight is 187 g/mol. The quantitative estimate of drug-likeness (QED) is 0.603. The van der Waals surface area contributed by atoms with E-state index < -0.39 is 0 Å². The summed E-state index contributed by atoms with van der Waals surface area (Å²) in [7, 11) is 2.23. The summed E-state index contributed by atoms with van der Waals surface area (Å²) in [4.78, 5) is 2.43. The van der Waals surface area contributed by atoms with Crippen molar-refractivity contribution in [2.75, 3.05) is 18.5 Å². The minimum absolute atomic E-state index is 0.863. The molecule has 1 heterocycles. The molecule has 74 valence electrons. The van der Waals surface area contributed by atoms with Gasteiger partial charge in [-0.2, -0.15) is 0 Å². The van der Waals surface area contributed by atoms with Gasteiger partial charge in [0.15, 0.2) is 0 Å². The summed E-state index contributed by atoms with van der Waals surface area (Å²) < 4.78 is 0. The van der Waals surface area contributed by atoms with Crippen molar-refractivity contribution in [3.8, 4) is 0 Å². The van der Waals surface area contributed by atoms with Crippen molar-refractivity contribution in [1.82, 2.24) is 0 Å². The zero-order chi connectivity index (χ0) is 9.54. The summed E-state index contributed by atoms with van der Waals surface area (Å²) in [6.45, 7) is 1.27. The molecule has 0 aromatic heterocycles. The zero-order valence-electron chi connectivity index (χ0n) is 8.74. The number of benzene rings is 1. The predicted molar refractivity (Wildman–Crippen MR) is 59.8 cm³/mol. The Labute approximate surface area is 85.7 Å². The Morgan fingerprint density at radius 1 is 1.21 bits per heavy atom. The Balaban J connectivity index is 2.09. The van der Waals surface area contributed by atoms with Crippen LogP contribution in [0.3, 0.4) is 0 Å². The van der Waals surface area contributed by atoms with E-state index in [-0.39, 0.29) is 0 Å². The molecule has 0 N–H and O–H groups in total. The van der Waals surface area contributed by atoms with Gasteiger partial charge in [0.25, 0.3) is 0 Å². The van der Waals surface area contributed by atoms with Gasteiger partial charge < -0.3 is 4.90 Å². The lowest BCUT2D eigenvalue weighted by molar-refractivity contribution is 0.465. The molecule has 2 aliphatic rings. The second kappa shape index (κ2) is 3.01. The number of para-hydroxylation sites is 1. The zero-order valence-corrected chi connectivity index (χ0v) is 8.74. The third kappa shape index (κ3) is 1.08. The number of anilines is 1. The van der Waals surface area contributed by atoms with Crippen molar-refractivity contribution in [3.63, 3.8) is 0 Å². The summed E-state index contributed by atoms with van der Waals surface area (Å²) in [5, 5.41) is 0. The van der Waals surface area contributed by atoms with Crippen LogP contribution in [0.5, 0.6) is 0 Å².